The summed E-state index contributed by atoms with van der Waals surface area (Å²) in [5.74, 6) is 0.437. The van der Waals surface area contributed by atoms with Gasteiger partial charge in [0.05, 0.1) is 12.6 Å². The average molecular weight is 345 g/mol. The van der Waals surface area contributed by atoms with E-state index in [0.29, 0.717) is 31.1 Å². The molecule has 0 aliphatic carbocycles. The molecular weight excluding hydrogens is 324 g/mol. The average Bonchev–Trinajstić information content (AvgIpc) is 2.62. The minimum absolute atomic E-state index is 0.110. The van der Waals surface area contributed by atoms with Crippen LogP contribution in [0.1, 0.15) is 23.6 Å². The van der Waals surface area contributed by atoms with Crippen LogP contribution in [0.25, 0.3) is 0 Å². The van der Waals surface area contributed by atoms with Crippen molar-refractivity contribution in [1.82, 2.24) is 10.6 Å². The number of rotatable bonds is 4. The largest absolute Gasteiger partial charge is 0.493 e. The number of guanidine groups is 1. The quantitative estimate of drug-likeness (QED) is 0.661. The monoisotopic (exact) mass is 345 g/mol. The van der Waals surface area contributed by atoms with Gasteiger partial charge in [-0.25, -0.2) is 8.78 Å². The number of hydrogen-bond donors (Lipinski definition) is 2. The lowest BCUT2D eigenvalue weighted by Crippen LogP contribution is -2.41. The Kier molecular flexibility index (Phi) is 5.48. The van der Waals surface area contributed by atoms with Crippen LogP contribution in [-0.2, 0) is 6.42 Å². The van der Waals surface area contributed by atoms with Crippen LogP contribution in [0, 0.1) is 11.6 Å². The van der Waals surface area contributed by atoms with Crippen LogP contribution in [0.4, 0.5) is 8.78 Å². The van der Waals surface area contributed by atoms with Crippen molar-refractivity contribution >= 4 is 5.96 Å². The van der Waals surface area contributed by atoms with Gasteiger partial charge < -0.3 is 15.4 Å². The molecule has 4 nitrogen and oxygen atoms in total. The highest BCUT2D eigenvalue weighted by molar-refractivity contribution is 5.80. The van der Waals surface area contributed by atoms with Crippen molar-refractivity contribution in [2.75, 3.05) is 20.2 Å². The van der Waals surface area contributed by atoms with E-state index < -0.39 is 11.6 Å². The van der Waals surface area contributed by atoms with Gasteiger partial charge in [-0.1, -0.05) is 24.3 Å². The molecule has 1 aliphatic rings. The fraction of sp³-hybridized carbons (Fsp3) is 0.316. The van der Waals surface area contributed by atoms with Gasteiger partial charge in [-0.2, -0.15) is 0 Å². The van der Waals surface area contributed by atoms with Crippen molar-refractivity contribution in [2.24, 2.45) is 4.99 Å². The van der Waals surface area contributed by atoms with E-state index in [-0.39, 0.29) is 6.04 Å². The van der Waals surface area contributed by atoms with Gasteiger partial charge in [0.1, 0.15) is 17.4 Å². The number of aliphatic imine (C=N–C) groups is 1. The number of nitrogens with zero attached hydrogens (tertiary/aromatic N) is 1. The van der Waals surface area contributed by atoms with Gasteiger partial charge in [-0.3, -0.25) is 4.99 Å². The zero-order chi connectivity index (χ0) is 17.6. The number of hydrogen-bond acceptors (Lipinski definition) is 2. The van der Waals surface area contributed by atoms with E-state index in [2.05, 4.69) is 15.6 Å². The molecule has 0 aromatic heterocycles. The second-order valence-corrected chi connectivity index (χ2v) is 5.86. The first-order valence-corrected chi connectivity index (χ1v) is 8.30. The Morgan fingerprint density at radius 2 is 2.08 bits per heavy atom. The minimum Gasteiger partial charge on any atom is -0.493 e. The predicted molar refractivity (Wildman–Crippen MR) is 93.9 cm³/mol. The first-order valence-electron chi connectivity index (χ1n) is 8.30. The second-order valence-electron chi connectivity index (χ2n) is 5.86. The van der Waals surface area contributed by atoms with Gasteiger partial charge in [-0.15, -0.1) is 0 Å². The second kappa shape index (κ2) is 7.96. The fourth-order valence-corrected chi connectivity index (χ4v) is 2.89. The van der Waals surface area contributed by atoms with Crippen LogP contribution < -0.4 is 15.4 Å². The summed E-state index contributed by atoms with van der Waals surface area (Å²) in [6.07, 6.45) is 1.28. The molecule has 0 fully saturated rings. The van der Waals surface area contributed by atoms with Crippen molar-refractivity contribution in [3.8, 4) is 5.75 Å². The lowest BCUT2D eigenvalue weighted by molar-refractivity contribution is 0.261. The molecular formula is C19H21F2N3O. The topological polar surface area (TPSA) is 45.7 Å². The molecule has 0 saturated heterocycles. The fourth-order valence-electron chi connectivity index (χ4n) is 2.89. The molecule has 25 heavy (non-hydrogen) atoms. The minimum atomic E-state index is -0.565. The molecule has 6 heteroatoms. The summed E-state index contributed by atoms with van der Waals surface area (Å²) < 4.78 is 32.3. The predicted octanol–water partition coefficient (Wildman–Crippen LogP) is 3.20. The zero-order valence-electron chi connectivity index (χ0n) is 14.1. The summed E-state index contributed by atoms with van der Waals surface area (Å²) in [6.45, 7) is 1.14. The van der Waals surface area contributed by atoms with E-state index in [1.165, 1.54) is 12.1 Å². The Balaban J connectivity index is 1.57. The molecule has 0 saturated carbocycles. The van der Waals surface area contributed by atoms with Gasteiger partial charge in [0.25, 0.3) is 0 Å². The van der Waals surface area contributed by atoms with Crippen molar-refractivity contribution in [2.45, 2.75) is 18.9 Å². The summed E-state index contributed by atoms with van der Waals surface area (Å²) in [5.41, 5.74) is 1.57. The summed E-state index contributed by atoms with van der Waals surface area (Å²) >= 11 is 0. The van der Waals surface area contributed by atoms with E-state index >= 15 is 0 Å². The molecule has 0 spiro atoms. The van der Waals surface area contributed by atoms with Crippen LogP contribution in [0.3, 0.4) is 0 Å². The van der Waals surface area contributed by atoms with Crippen LogP contribution in [0.2, 0.25) is 0 Å². The van der Waals surface area contributed by atoms with Gasteiger partial charge in [-0.05, 0) is 24.1 Å². The molecule has 2 aromatic rings. The number of halogens is 2. The molecule has 0 radical (unpaired) electrons. The summed E-state index contributed by atoms with van der Waals surface area (Å²) in [6, 6.07) is 11.7. The normalized spacial score (nSPS) is 16.8. The Bertz CT molecular complexity index is 764. The van der Waals surface area contributed by atoms with Gasteiger partial charge in [0, 0.05) is 31.6 Å². The highest BCUT2D eigenvalue weighted by Gasteiger charge is 2.21. The highest BCUT2D eigenvalue weighted by Crippen LogP contribution is 2.31. The van der Waals surface area contributed by atoms with Gasteiger partial charge >= 0.3 is 0 Å². The summed E-state index contributed by atoms with van der Waals surface area (Å²) in [4.78, 5) is 4.22. The molecule has 1 atom stereocenters. The number of benzene rings is 2. The van der Waals surface area contributed by atoms with Crippen molar-refractivity contribution in [3.05, 3.63) is 65.2 Å². The molecule has 2 aromatic carbocycles. The number of nitrogens with one attached hydrogen (secondary N) is 2. The molecule has 2 N–H and O–H groups in total. The van der Waals surface area contributed by atoms with Crippen LogP contribution in [-0.4, -0.2) is 26.2 Å². The third-order valence-electron chi connectivity index (χ3n) is 4.19. The van der Waals surface area contributed by atoms with E-state index in [1.54, 1.807) is 7.05 Å². The molecule has 1 aliphatic heterocycles. The lowest BCUT2D eigenvalue weighted by Gasteiger charge is -2.28. The third-order valence-corrected chi connectivity index (χ3v) is 4.19. The van der Waals surface area contributed by atoms with E-state index in [1.807, 2.05) is 24.3 Å². The van der Waals surface area contributed by atoms with Gasteiger partial charge in [0.2, 0.25) is 0 Å². The number of para-hydroxylation sites is 1. The first kappa shape index (κ1) is 17.2. The molecule has 0 bridgehead atoms. The van der Waals surface area contributed by atoms with E-state index in [0.717, 1.165) is 23.8 Å². The number of ether oxygens (including phenoxy) is 1. The van der Waals surface area contributed by atoms with Crippen molar-refractivity contribution < 1.29 is 13.5 Å². The molecule has 132 valence electrons. The first-order chi connectivity index (χ1) is 12.2. The Hall–Kier alpha value is -2.63. The maximum absolute atomic E-state index is 13.7. The van der Waals surface area contributed by atoms with Crippen molar-refractivity contribution in [3.63, 3.8) is 0 Å². The Morgan fingerprint density at radius 1 is 1.24 bits per heavy atom. The maximum atomic E-state index is 13.7. The Morgan fingerprint density at radius 3 is 2.88 bits per heavy atom. The standard InChI is InChI=1S/C19H21F2N3O/c1-22-19(23-10-8-13-6-7-14(20)12-16(13)21)24-17-9-11-25-18-5-3-2-4-15(17)18/h2-7,12,17H,8-11H2,1H3,(H2,22,23,24). The highest BCUT2D eigenvalue weighted by atomic mass is 19.1. The van der Waals surface area contributed by atoms with Crippen molar-refractivity contribution in [1.29, 1.82) is 0 Å². The Labute approximate surface area is 145 Å². The van der Waals surface area contributed by atoms with E-state index in [9.17, 15) is 8.78 Å². The molecule has 3 rings (SSSR count). The number of fused-ring (bicyclic) bond motifs is 1. The molecule has 1 unspecified atom stereocenters. The smallest absolute Gasteiger partial charge is 0.191 e. The summed E-state index contributed by atoms with van der Waals surface area (Å²) in [7, 11) is 1.69. The SMILES string of the molecule is CN=C(NCCc1ccc(F)cc1F)NC1CCOc2ccccc21. The molecule has 1 heterocycles. The van der Waals surface area contributed by atoms with Crippen LogP contribution in [0.5, 0.6) is 5.75 Å². The van der Waals surface area contributed by atoms with E-state index in [4.69, 9.17) is 4.74 Å². The zero-order valence-corrected chi connectivity index (χ0v) is 14.1. The van der Waals surface area contributed by atoms with Crippen LogP contribution >= 0.6 is 0 Å². The van der Waals surface area contributed by atoms with Crippen LogP contribution in [0.15, 0.2) is 47.5 Å². The summed E-state index contributed by atoms with van der Waals surface area (Å²) in [5, 5.41) is 6.55. The maximum Gasteiger partial charge on any atom is 0.191 e. The van der Waals surface area contributed by atoms with Gasteiger partial charge in [0.15, 0.2) is 5.96 Å². The molecule has 0 amide bonds. The lowest BCUT2D eigenvalue weighted by atomic mass is 10.0. The third kappa shape index (κ3) is 4.26.